The van der Waals surface area contributed by atoms with Crippen LogP contribution < -0.4 is 0 Å². The van der Waals surface area contributed by atoms with Crippen molar-refractivity contribution in [2.75, 3.05) is 0 Å². The molecule has 3 aromatic rings. The van der Waals surface area contributed by atoms with Crippen LogP contribution in [0.2, 0.25) is 0 Å². The molecule has 1 unspecified atom stereocenters. The number of hydrogen-bond acceptors (Lipinski definition) is 1. The highest BCUT2D eigenvalue weighted by Gasteiger charge is 2.15. The highest BCUT2D eigenvalue weighted by Crippen LogP contribution is 2.31. The summed E-state index contributed by atoms with van der Waals surface area (Å²) in [6.45, 7) is 4.11. The highest BCUT2D eigenvalue weighted by atomic mass is 16.3. The molecular formula is C19H18O. The Bertz CT molecular complexity index is 741. The molecule has 0 aliphatic heterocycles. The molecule has 0 bridgehead atoms. The van der Waals surface area contributed by atoms with Crippen LogP contribution in [0.25, 0.3) is 10.8 Å². The molecule has 0 aliphatic carbocycles. The summed E-state index contributed by atoms with van der Waals surface area (Å²) < 4.78 is 0. The van der Waals surface area contributed by atoms with E-state index in [1.807, 2.05) is 36.4 Å². The van der Waals surface area contributed by atoms with Gasteiger partial charge in [-0.3, -0.25) is 0 Å². The predicted octanol–water partition coefficient (Wildman–Crippen LogP) is 4.54. The zero-order chi connectivity index (χ0) is 14.1. The van der Waals surface area contributed by atoms with E-state index in [1.165, 1.54) is 10.9 Å². The van der Waals surface area contributed by atoms with E-state index >= 15 is 0 Å². The van der Waals surface area contributed by atoms with E-state index in [2.05, 4.69) is 38.1 Å². The Morgan fingerprint density at radius 1 is 0.800 bits per heavy atom. The second-order valence-electron chi connectivity index (χ2n) is 5.33. The average molecular weight is 262 g/mol. The van der Waals surface area contributed by atoms with Gasteiger partial charge in [0.25, 0.3) is 0 Å². The largest absolute Gasteiger partial charge is 0.384 e. The van der Waals surface area contributed by atoms with E-state index in [9.17, 15) is 5.11 Å². The van der Waals surface area contributed by atoms with Gasteiger partial charge in [0.2, 0.25) is 0 Å². The molecule has 0 spiro atoms. The third kappa shape index (κ3) is 2.21. The van der Waals surface area contributed by atoms with Crippen molar-refractivity contribution in [3.05, 3.63) is 82.9 Å². The van der Waals surface area contributed by atoms with Gasteiger partial charge in [-0.05, 0) is 41.3 Å². The van der Waals surface area contributed by atoms with Crippen LogP contribution in [0.15, 0.2) is 60.7 Å². The molecule has 0 saturated heterocycles. The van der Waals surface area contributed by atoms with Crippen molar-refractivity contribution in [3.63, 3.8) is 0 Å². The number of benzene rings is 3. The topological polar surface area (TPSA) is 20.2 Å². The fourth-order valence-electron chi connectivity index (χ4n) is 2.68. The number of aliphatic hydroxyl groups is 1. The Hall–Kier alpha value is -2.12. The molecule has 0 saturated carbocycles. The lowest BCUT2D eigenvalue weighted by Crippen LogP contribution is -2.03. The van der Waals surface area contributed by atoms with Crippen molar-refractivity contribution >= 4 is 10.8 Å². The van der Waals surface area contributed by atoms with Crippen LogP contribution in [0.3, 0.4) is 0 Å². The first-order chi connectivity index (χ1) is 9.66. The fourth-order valence-corrected chi connectivity index (χ4v) is 2.68. The smallest absolute Gasteiger partial charge is 0.105 e. The molecule has 0 fully saturated rings. The summed E-state index contributed by atoms with van der Waals surface area (Å²) in [6.07, 6.45) is -0.582. The van der Waals surface area contributed by atoms with Crippen LogP contribution >= 0.6 is 0 Å². The predicted molar refractivity (Wildman–Crippen MR) is 83.9 cm³/mol. The maximum atomic E-state index is 10.8. The summed E-state index contributed by atoms with van der Waals surface area (Å²) in [6, 6.07) is 20.5. The third-order valence-electron chi connectivity index (χ3n) is 3.86. The molecule has 1 N–H and O–H groups in total. The van der Waals surface area contributed by atoms with E-state index in [0.717, 1.165) is 22.1 Å². The van der Waals surface area contributed by atoms with Crippen molar-refractivity contribution in [3.8, 4) is 0 Å². The maximum absolute atomic E-state index is 10.8. The first-order valence-electron chi connectivity index (χ1n) is 6.89. The van der Waals surface area contributed by atoms with Crippen LogP contribution in [-0.2, 0) is 0 Å². The van der Waals surface area contributed by atoms with Crippen molar-refractivity contribution in [2.24, 2.45) is 0 Å². The number of fused-ring (bicyclic) bond motifs is 1. The summed E-state index contributed by atoms with van der Waals surface area (Å²) in [5.74, 6) is 0. The first-order valence-corrected chi connectivity index (χ1v) is 6.89. The van der Waals surface area contributed by atoms with E-state index < -0.39 is 6.10 Å². The Morgan fingerprint density at radius 2 is 1.50 bits per heavy atom. The standard InChI is InChI=1S/C19H18O/c1-13-7-10-16(11-8-13)19(20)18-14(2)9-12-15-5-3-4-6-17(15)18/h3-12,19-20H,1-2H3. The Kier molecular flexibility index (Phi) is 3.29. The molecular weight excluding hydrogens is 244 g/mol. The average Bonchev–Trinajstić information content (AvgIpc) is 2.47. The molecule has 20 heavy (non-hydrogen) atoms. The molecule has 0 aromatic heterocycles. The van der Waals surface area contributed by atoms with Crippen molar-refractivity contribution in [1.29, 1.82) is 0 Å². The van der Waals surface area contributed by atoms with Gasteiger partial charge >= 0.3 is 0 Å². The lowest BCUT2D eigenvalue weighted by molar-refractivity contribution is 0.221. The second kappa shape index (κ2) is 5.10. The van der Waals surface area contributed by atoms with E-state index in [0.29, 0.717) is 0 Å². The van der Waals surface area contributed by atoms with Crippen molar-refractivity contribution in [1.82, 2.24) is 0 Å². The molecule has 0 amide bonds. The zero-order valence-electron chi connectivity index (χ0n) is 11.8. The van der Waals surface area contributed by atoms with E-state index in [4.69, 9.17) is 0 Å². The Morgan fingerprint density at radius 3 is 2.25 bits per heavy atom. The molecule has 0 radical (unpaired) electrons. The van der Waals surface area contributed by atoms with Crippen LogP contribution in [0, 0.1) is 13.8 Å². The minimum atomic E-state index is -0.582. The monoisotopic (exact) mass is 262 g/mol. The van der Waals surface area contributed by atoms with Gasteiger partial charge in [-0.15, -0.1) is 0 Å². The summed E-state index contributed by atoms with van der Waals surface area (Å²) in [4.78, 5) is 0. The Balaban J connectivity index is 2.18. The summed E-state index contributed by atoms with van der Waals surface area (Å²) in [5, 5.41) is 13.1. The number of hydrogen-bond donors (Lipinski definition) is 1. The van der Waals surface area contributed by atoms with Crippen LogP contribution in [0.1, 0.15) is 28.4 Å². The summed E-state index contributed by atoms with van der Waals surface area (Å²) >= 11 is 0. The van der Waals surface area contributed by atoms with Crippen LogP contribution in [0.5, 0.6) is 0 Å². The SMILES string of the molecule is Cc1ccc(C(O)c2c(C)ccc3ccccc23)cc1. The van der Waals surface area contributed by atoms with Crippen LogP contribution in [-0.4, -0.2) is 5.11 Å². The van der Waals surface area contributed by atoms with Gasteiger partial charge in [0.15, 0.2) is 0 Å². The van der Waals surface area contributed by atoms with Gasteiger partial charge in [-0.2, -0.15) is 0 Å². The van der Waals surface area contributed by atoms with Gasteiger partial charge in [0.1, 0.15) is 6.10 Å². The molecule has 3 rings (SSSR count). The van der Waals surface area contributed by atoms with E-state index in [1.54, 1.807) is 0 Å². The van der Waals surface area contributed by atoms with Gasteiger partial charge < -0.3 is 5.11 Å². The molecule has 1 atom stereocenters. The van der Waals surface area contributed by atoms with Gasteiger partial charge in [0, 0.05) is 0 Å². The number of aryl methyl sites for hydroxylation is 2. The molecule has 0 aliphatic rings. The van der Waals surface area contributed by atoms with Crippen molar-refractivity contribution in [2.45, 2.75) is 20.0 Å². The lowest BCUT2D eigenvalue weighted by Gasteiger charge is -2.17. The quantitative estimate of drug-likeness (QED) is 0.719. The maximum Gasteiger partial charge on any atom is 0.105 e. The normalized spacial score (nSPS) is 12.6. The fraction of sp³-hybridized carbons (Fsp3) is 0.158. The van der Waals surface area contributed by atoms with Gasteiger partial charge in [0.05, 0.1) is 0 Å². The summed E-state index contributed by atoms with van der Waals surface area (Å²) in [7, 11) is 0. The number of aliphatic hydroxyl groups excluding tert-OH is 1. The Labute approximate surface area is 119 Å². The number of rotatable bonds is 2. The first kappa shape index (κ1) is 12.9. The van der Waals surface area contributed by atoms with Gasteiger partial charge in [-0.1, -0.05) is 66.2 Å². The third-order valence-corrected chi connectivity index (χ3v) is 3.86. The highest BCUT2D eigenvalue weighted by molar-refractivity contribution is 5.87. The van der Waals surface area contributed by atoms with Gasteiger partial charge in [-0.25, -0.2) is 0 Å². The minimum absolute atomic E-state index is 0.582. The van der Waals surface area contributed by atoms with E-state index in [-0.39, 0.29) is 0 Å². The second-order valence-corrected chi connectivity index (χ2v) is 5.33. The van der Waals surface area contributed by atoms with Crippen LogP contribution in [0.4, 0.5) is 0 Å². The lowest BCUT2D eigenvalue weighted by atomic mass is 9.92. The minimum Gasteiger partial charge on any atom is -0.384 e. The zero-order valence-corrected chi connectivity index (χ0v) is 11.8. The van der Waals surface area contributed by atoms with Crippen molar-refractivity contribution < 1.29 is 5.11 Å². The molecule has 1 heteroatoms. The molecule has 1 nitrogen and oxygen atoms in total. The summed E-state index contributed by atoms with van der Waals surface area (Å²) in [5.41, 5.74) is 4.27. The molecule has 3 aromatic carbocycles. The molecule has 100 valence electrons. The molecule has 0 heterocycles.